The van der Waals surface area contributed by atoms with E-state index in [4.69, 9.17) is 4.42 Å². The van der Waals surface area contributed by atoms with E-state index < -0.39 is 5.51 Å². The number of hydrogen-bond acceptors (Lipinski definition) is 2. The summed E-state index contributed by atoms with van der Waals surface area (Å²) in [5.74, 6) is 0. The lowest BCUT2D eigenvalue weighted by Gasteiger charge is -1.97. The van der Waals surface area contributed by atoms with Gasteiger partial charge in [0.25, 0.3) is 5.52 Å². The van der Waals surface area contributed by atoms with Gasteiger partial charge in [-0.2, -0.15) is 17.7 Å². The second kappa shape index (κ2) is 3.44. The Hall–Kier alpha value is -1.17. The van der Waals surface area contributed by atoms with Gasteiger partial charge in [0.2, 0.25) is 5.58 Å². The summed E-state index contributed by atoms with van der Waals surface area (Å²) >= 11 is -0.251. The summed E-state index contributed by atoms with van der Waals surface area (Å²) in [7, 11) is 1.54. The molecule has 0 aliphatic carbocycles. The number of rotatable bonds is 1. The fraction of sp³-hybridized carbons (Fsp3) is 0.222. The van der Waals surface area contributed by atoms with Crippen LogP contribution in [0.3, 0.4) is 0 Å². The van der Waals surface area contributed by atoms with Crippen molar-refractivity contribution in [3.8, 4) is 0 Å². The summed E-state index contributed by atoms with van der Waals surface area (Å²) in [4.78, 5) is 0. The van der Waals surface area contributed by atoms with E-state index in [9.17, 15) is 13.2 Å². The molecular weight excluding hydrogens is 227 g/mol. The van der Waals surface area contributed by atoms with Crippen LogP contribution in [0.5, 0.6) is 0 Å². The van der Waals surface area contributed by atoms with Crippen LogP contribution < -0.4 is 4.57 Å². The van der Waals surface area contributed by atoms with Crippen molar-refractivity contribution >= 4 is 22.9 Å². The molecule has 0 saturated heterocycles. The Bertz CT molecular complexity index is 492. The minimum atomic E-state index is -4.33. The predicted molar refractivity (Wildman–Crippen MR) is 49.3 cm³/mol. The number of thioether (sulfide) groups is 1. The van der Waals surface area contributed by atoms with Crippen molar-refractivity contribution < 1.29 is 22.2 Å². The van der Waals surface area contributed by atoms with Crippen LogP contribution in [0, 0.1) is 0 Å². The Labute approximate surface area is 87.7 Å². The molecule has 80 valence electrons. The van der Waals surface area contributed by atoms with Crippen LogP contribution in [0.2, 0.25) is 0 Å². The van der Waals surface area contributed by atoms with Gasteiger partial charge in [0.15, 0.2) is 0 Å². The average Bonchev–Trinajstić information content (AvgIpc) is 2.42. The number of halogens is 3. The zero-order valence-electron chi connectivity index (χ0n) is 7.71. The molecule has 0 bridgehead atoms. The van der Waals surface area contributed by atoms with Gasteiger partial charge >= 0.3 is 10.7 Å². The van der Waals surface area contributed by atoms with E-state index in [0.717, 1.165) is 0 Å². The standard InChI is InChI=1S/C9H7F3NOS/c1-13-6-4-2-3-5-7(6)14-8(13)15-9(10,11)12/h2-5H,1H3/q+1. The molecule has 0 aliphatic heterocycles. The second-order valence-corrected chi connectivity index (χ2v) is 3.96. The maximum Gasteiger partial charge on any atom is 0.455 e. The van der Waals surface area contributed by atoms with Crippen molar-refractivity contribution in [2.24, 2.45) is 7.05 Å². The highest BCUT2D eigenvalue weighted by molar-refractivity contribution is 7.99. The third kappa shape index (κ3) is 2.09. The number of nitrogens with zero attached hydrogens (tertiary/aromatic N) is 1. The first-order valence-electron chi connectivity index (χ1n) is 4.11. The minimum Gasteiger partial charge on any atom is -0.392 e. The van der Waals surface area contributed by atoms with Crippen molar-refractivity contribution in [1.82, 2.24) is 0 Å². The summed E-state index contributed by atoms with van der Waals surface area (Å²) < 4.78 is 42.9. The van der Waals surface area contributed by atoms with Crippen LogP contribution in [0.15, 0.2) is 33.9 Å². The SMILES string of the molecule is C[n+]1c(SC(F)(F)F)oc2ccccc21. The van der Waals surface area contributed by atoms with Gasteiger partial charge in [-0.25, -0.2) is 0 Å². The van der Waals surface area contributed by atoms with Crippen LogP contribution in [-0.2, 0) is 7.05 Å². The lowest BCUT2D eigenvalue weighted by atomic mass is 10.3. The quantitative estimate of drug-likeness (QED) is 0.557. The summed E-state index contributed by atoms with van der Waals surface area (Å²) in [5.41, 5.74) is -3.23. The predicted octanol–water partition coefficient (Wildman–Crippen LogP) is 2.87. The highest BCUT2D eigenvalue weighted by Gasteiger charge is 2.37. The van der Waals surface area contributed by atoms with E-state index >= 15 is 0 Å². The fourth-order valence-corrected chi connectivity index (χ4v) is 1.83. The molecule has 2 nitrogen and oxygen atoms in total. The molecule has 0 radical (unpaired) electrons. The van der Waals surface area contributed by atoms with Crippen molar-refractivity contribution in [2.75, 3.05) is 0 Å². The van der Waals surface area contributed by atoms with Gasteiger partial charge in [0.05, 0.1) is 11.8 Å². The fourth-order valence-electron chi connectivity index (χ4n) is 1.27. The first-order valence-corrected chi connectivity index (χ1v) is 4.92. The Kier molecular flexibility index (Phi) is 2.38. The summed E-state index contributed by atoms with van der Waals surface area (Å²) in [6.45, 7) is 0. The van der Waals surface area contributed by atoms with E-state index in [0.29, 0.717) is 11.1 Å². The largest absolute Gasteiger partial charge is 0.455 e. The van der Waals surface area contributed by atoms with Gasteiger partial charge in [-0.05, 0) is 6.07 Å². The molecule has 0 amide bonds. The Morgan fingerprint density at radius 2 is 1.93 bits per heavy atom. The van der Waals surface area contributed by atoms with Crippen molar-refractivity contribution in [3.05, 3.63) is 24.3 Å². The zero-order valence-corrected chi connectivity index (χ0v) is 8.52. The molecule has 1 aromatic heterocycles. The molecule has 2 aromatic rings. The molecule has 0 fully saturated rings. The van der Waals surface area contributed by atoms with Crippen molar-refractivity contribution in [1.29, 1.82) is 0 Å². The van der Waals surface area contributed by atoms with E-state index in [-0.39, 0.29) is 17.0 Å². The highest BCUT2D eigenvalue weighted by atomic mass is 32.2. The molecule has 0 spiro atoms. The third-order valence-electron chi connectivity index (χ3n) is 1.90. The normalized spacial score (nSPS) is 12.3. The first-order chi connectivity index (χ1) is 6.97. The molecule has 0 aliphatic rings. The van der Waals surface area contributed by atoms with Crippen molar-refractivity contribution in [2.45, 2.75) is 10.7 Å². The van der Waals surface area contributed by atoms with Gasteiger partial charge in [-0.15, -0.1) is 0 Å². The number of oxazole rings is 1. The number of benzene rings is 1. The Morgan fingerprint density at radius 1 is 1.27 bits per heavy atom. The maximum absolute atomic E-state index is 12.1. The number of alkyl halides is 3. The van der Waals surface area contributed by atoms with Gasteiger partial charge in [0.1, 0.15) is 7.05 Å². The molecule has 0 atom stereocenters. The van der Waals surface area contributed by atoms with Crippen LogP contribution in [0.25, 0.3) is 11.1 Å². The first kappa shape index (κ1) is 10.4. The van der Waals surface area contributed by atoms with Crippen LogP contribution in [0.1, 0.15) is 0 Å². The highest BCUT2D eigenvalue weighted by Crippen LogP contribution is 2.36. The zero-order chi connectivity index (χ0) is 11.1. The molecule has 2 rings (SSSR count). The van der Waals surface area contributed by atoms with E-state index in [1.807, 2.05) is 0 Å². The Morgan fingerprint density at radius 3 is 2.53 bits per heavy atom. The van der Waals surface area contributed by atoms with Gasteiger partial charge in [-0.1, -0.05) is 12.1 Å². The van der Waals surface area contributed by atoms with Gasteiger partial charge < -0.3 is 4.42 Å². The van der Waals surface area contributed by atoms with Crippen molar-refractivity contribution in [3.63, 3.8) is 0 Å². The number of fused-ring (bicyclic) bond motifs is 1. The molecule has 0 saturated carbocycles. The third-order valence-corrected chi connectivity index (χ3v) is 2.66. The maximum atomic E-state index is 12.1. The molecule has 1 heterocycles. The van der Waals surface area contributed by atoms with Gasteiger partial charge in [-0.3, -0.25) is 0 Å². The minimum absolute atomic E-state index is 0.163. The molecule has 0 N–H and O–H groups in total. The van der Waals surface area contributed by atoms with E-state index in [1.54, 1.807) is 31.3 Å². The summed E-state index contributed by atoms with van der Waals surface area (Å²) in [6, 6.07) is 6.81. The molecular formula is C9H7F3NOS+. The molecule has 1 aromatic carbocycles. The number of hydrogen-bond donors (Lipinski definition) is 0. The van der Waals surface area contributed by atoms with Crippen LogP contribution >= 0.6 is 11.8 Å². The number of para-hydroxylation sites is 2. The Balaban J connectivity index is 2.49. The monoisotopic (exact) mass is 234 g/mol. The lowest BCUT2D eigenvalue weighted by molar-refractivity contribution is -0.692. The topological polar surface area (TPSA) is 17.0 Å². The number of aromatic nitrogens is 1. The van der Waals surface area contributed by atoms with Gasteiger partial charge in [0, 0.05) is 6.07 Å². The second-order valence-electron chi connectivity index (χ2n) is 2.94. The summed E-state index contributed by atoms with van der Waals surface area (Å²) in [5, 5.41) is -0.163. The smallest absolute Gasteiger partial charge is 0.392 e. The lowest BCUT2D eigenvalue weighted by Crippen LogP contribution is -2.29. The molecule has 0 unspecified atom stereocenters. The van der Waals surface area contributed by atoms with E-state index in [1.165, 1.54) is 4.57 Å². The van der Waals surface area contributed by atoms with Crippen LogP contribution in [0.4, 0.5) is 13.2 Å². The average molecular weight is 234 g/mol. The molecule has 6 heteroatoms. The van der Waals surface area contributed by atoms with Crippen LogP contribution in [-0.4, -0.2) is 5.51 Å². The number of aryl methyl sites for hydroxylation is 1. The van der Waals surface area contributed by atoms with E-state index in [2.05, 4.69) is 0 Å². The molecule has 15 heavy (non-hydrogen) atoms. The summed E-state index contributed by atoms with van der Waals surface area (Å²) in [6.07, 6.45) is 0.